The lowest BCUT2D eigenvalue weighted by Crippen LogP contribution is -2.32. The maximum absolute atomic E-state index is 5.70. The summed E-state index contributed by atoms with van der Waals surface area (Å²) >= 11 is 0. The van der Waals surface area contributed by atoms with Gasteiger partial charge < -0.3 is 24.8 Å². The van der Waals surface area contributed by atoms with Gasteiger partial charge in [0.1, 0.15) is 0 Å². The average Bonchev–Trinajstić information content (AvgIpc) is 2.72. The van der Waals surface area contributed by atoms with Gasteiger partial charge in [0, 0.05) is 32.0 Å². The molecule has 27 heavy (non-hydrogen) atoms. The molecular weight excluding hydrogens is 342 g/mol. The lowest BCUT2D eigenvalue weighted by Gasteiger charge is -2.14. The van der Waals surface area contributed by atoms with Gasteiger partial charge in [-0.25, -0.2) is 0 Å². The topological polar surface area (TPSA) is 64.1 Å². The Morgan fingerprint density at radius 3 is 2.44 bits per heavy atom. The van der Waals surface area contributed by atoms with Gasteiger partial charge >= 0.3 is 0 Å². The number of rotatable bonds is 10. The Morgan fingerprint density at radius 1 is 0.963 bits per heavy atom. The number of guanidine groups is 1. The van der Waals surface area contributed by atoms with Gasteiger partial charge in [0.05, 0.1) is 20.8 Å². The van der Waals surface area contributed by atoms with Crippen LogP contribution in [-0.4, -0.2) is 47.0 Å². The molecule has 0 aromatic heterocycles. The number of anilines is 1. The summed E-state index contributed by atoms with van der Waals surface area (Å²) in [7, 11) is 4.98. The second-order valence-electron chi connectivity index (χ2n) is 5.90. The predicted octanol–water partition coefficient (Wildman–Crippen LogP) is 3.34. The number of ether oxygens (including phenoxy) is 3. The van der Waals surface area contributed by atoms with Crippen molar-refractivity contribution in [2.45, 2.75) is 12.8 Å². The highest BCUT2D eigenvalue weighted by Gasteiger charge is 2.06. The van der Waals surface area contributed by atoms with Gasteiger partial charge in [-0.15, -0.1) is 0 Å². The van der Waals surface area contributed by atoms with E-state index in [0.29, 0.717) is 24.1 Å². The van der Waals surface area contributed by atoms with Gasteiger partial charge in [-0.3, -0.25) is 4.99 Å². The molecule has 6 nitrogen and oxygen atoms in total. The van der Waals surface area contributed by atoms with Crippen molar-refractivity contribution in [2.24, 2.45) is 4.99 Å². The molecule has 0 aliphatic carbocycles. The molecule has 0 atom stereocenters. The number of methoxy groups -OCH3 is 2. The van der Waals surface area contributed by atoms with Gasteiger partial charge in [0.25, 0.3) is 0 Å². The van der Waals surface area contributed by atoms with Crippen molar-refractivity contribution in [3.63, 3.8) is 0 Å². The van der Waals surface area contributed by atoms with E-state index in [1.54, 1.807) is 21.3 Å². The van der Waals surface area contributed by atoms with E-state index >= 15 is 0 Å². The van der Waals surface area contributed by atoms with Crippen molar-refractivity contribution in [2.75, 3.05) is 46.3 Å². The van der Waals surface area contributed by atoms with Crippen LogP contribution in [0.15, 0.2) is 53.5 Å². The van der Waals surface area contributed by atoms with Crippen LogP contribution in [0.25, 0.3) is 0 Å². The van der Waals surface area contributed by atoms with Gasteiger partial charge in [0.2, 0.25) is 0 Å². The molecule has 2 N–H and O–H groups in total. The molecule has 2 rings (SSSR count). The van der Waals surface area contributed by atoms with Crippen molar-refractivity contribution in [1.82, 2.24) is 5.32 Å². The molecule has 0 aliphatic heterocycles. The summed E-state index contributed by atoms with van der Waals surface area (Å²) in [6.07, 6.45) is 1.85. The molecule has 0 amide bonds. The minimum absolute atomic E-state index is 0.671. The van der Waals surface area contributed by atoms with Crippen molar-refractivity contribution in [3.05, 3.63) is 54.1 Å². The van der Waals surface area contributed by atoms with Gasteiger partial charge in [-0.2, -0.15) is 0 Å². The Balaban J connectivity index is 1.65. The summed E-state index contributed by atoms with van der Waals surface area (Å²) in [6.45, 7) is 2.23. The monoisotopic (exact) mass is 371 g/mol. The minimum atomic E-state index is 0.671. The molecule has 146 valence electrons. The van der Waals surface area contributed by atoms with Crippen LogP contribution in [0.4, 0.5) is 5.69 Å². The first-order valence-corrected chi connectivity index (χ1v) is 9.08. The van der Waals surface area contributed by atoms with E-state index in [1.807, 2.05) is 24.3 Å². The van der Waals surface area contributed by atoms with Crippen LogP contribution in [0.3, 0.4) is 0 Å². The Labute approximate surface area is 161 Å². The molecule has 6 heteroatoms. The number of nitrogens with one attached hydrogen (secondary N) is 2. The van der Waals surface area contributed by atoms with Crippen molar-refractivity contribution in [3.8, 4) is 11.5 Å². The van der Waals surface area contributed by atoms with Crippen LogP contribution in [0.5, 0.6) is 11.5 Å². The third kappa shape index (κ3) is 7.19. The first kappa shape index (κ1) is 20.6. The highest BCUT2D eigenvalue weighted by Crippen LogP contribution is 2.29. The van der Waals surface area contributed by atoms with E-state index in [9.17, 15) is 0 Å². The summed E-state index contributed by atoms with van der Waals surface area (Å²) in [6, 6.07) is 16.0. The molecule has 2 aromatic rings. The van der Waals surface area contributed by atoms with E-state index in [-0.39, 0.29) is 0 Å². The summed E-state index contributed by atoms with van der Waals surface area (Å²) in [5, 5.41) is 6.52. The third-order valence-corrected chi connectivity index (χ3v) is 4.01. The summed E-state index contributed by atoms with van der Waals surface area (Å²) in [4.78, 5) is 4.24. The third-order valence-electron chi connectivity index (χ3n) is 4.01. The Hall–Kier alpha value is -2.73. The summed E-state index contributed by atoms with van der Waals surface area (Å²) in [5.41, 5.74) is 2.18. The fourth-order valence-electron chi connectivity index (χ4n) is 2.55. The van der Waals surface area contributed by atoms with Crippen LogP contribution < -0.4 is 20.1 Å². The number of hydrogen-bond acceptors (Lipinski definition) is 4. The average molecular weight is 371 g/mol. The SMILES string of the molecule is CN=C(NCCCOCCc1ccccc1)Nc1ccc(OC)c(OC)c1. The second-order valence-corrected chi connectivity index (χ2v) is 5.90. The summed E-state index contributed by atoms with van der Waals surface area (Å²) < 4.78 is 16.3. The fraction of sp³-hybridized carbons (Fsp3) is 0.381. The lowest BCUT2D eigenvalue weighted by molar-refractivity contribution is 0.135. The van der Waals surface area contributed by atoms with Crippen LogP contribution in [0, 0.1) is 0 Å². The molecule has 0 spiro atoms. The smallest absolute Gasteiger partial charge is 0.195 e. The minimum Gasteiger partial charge on any atom is -0.493 e. The maximum atomic E-state index is 5.70. The highest BCUT2D eigenvalue weighted by atomic mass is 16.5. The molecule has 2 aromatic carbocycles. The quantitative estimate of drug-likeness (QED) is 0.381. The fourth-order valence-corrected chi connectivity index (χ4v) is 2.55. The van der Waals surface area contributed by atoms with Crippen molar-refractivity contribution in [1.29, 1.82) is 0 Å². The van der Waals surface area contributed by atoms with E-state index in [2.05, 4.69) is 39.9 Å². The number of benzene rings is 2. The first-order valence-electron chi connectivity index (χ1n) is 9.08. The van der Waals surface area contributed by atoms with Gasteiger partial charge in [-0.05, 0) is 30.5 Å². The molecule has 0 bridgehead atoms. The van der Waals surface area contributed by atoms with Gasteiger partial charge in [0.15, 0.2) is 17.5 Å². The molecule has 0 radical (unpaired) electrons. The zero-order valence-corrected chi connectivity index (χ0v) is 16.3. The molecule has 0 saturated heterocycles. The van der Waals surface area contributed by atoms with Crippen LogP contribution in [0.2, 0.25) is 0 Å². The van der Waals surface area contributed by atoms with Crippen LogP contribution >= 0.6 is 0 Å². The lowest BCUT2D eigenvalue weighted by atomic mass is 10.2. The van der Waals surface area contributed by atoms with E-state index in [4.69, 9.17) is 14.2 Å². The Bertz CT molecular complexity index is 705. The Morgan fingerprint density at radius 2 is 1.74 bits per heavy atom. The zero-order chi connectivity index (χ0) is 19.3. The number of hydrogen-bond donors (Lipinski definition) is 2. The molecule has 0 aliphatic rings. The number of aliphatic imine (C=N–C) groups is 1. The second kappa shape index (κ2) is 11.8. The normalized spacial score (nSPS) is 11.1. The Kier molecular flexibility index (Phi) is 9.00. The predicted molar refractivity (Wildman–Crippen MR) is 110 cm³/mol. The van der Waals surface area contributed by atoms with Crippen LogP contribution in [0.1, 0.15) is 12.0 Å². The zero-order valence-electron chi connectivity index (χ0n) is 16.3. The number of nitrogens with zero attached hydrogens (tertiary/aromatic N) is 1. The van der Waals surface area contributed by atoms with Gasteiger partial charge in [-0.1, -0.05) is 30.3 Å². The first-order chi connectivity index (χ1) is 13.3. The maximum Gasteiger partial charge on any atom is 0.195 e. The molecule has 0 unspecified atom stereocenters. The standard InChI is InChI=1S/C21H29N3O3/c1-22-21(24-18-10-11-19(25-2)20(16-18)26-3)23-13-7-14-27-15-12-17-8-5-4-6-9-17/h4-6,8-11,16H,7,12-15H2,1-3H3,(H2,22,23,24). The molecule has 0 saturated carbocycles. The molecule has 0 fully saturated rings. The van der Waals surface area contributed by atoms with Crippen molar-refractivity contribution < 1.29 is 14.2 Å². The van der Waals surface area contributed by atoms with E-state index < -0.39 is 0 Å². The van der Waals surface area contributed by atoms with Crippen molar-refractivity contribution >= 4 is 11.6 Å². The molecule has 0 heterocycles. The summed E-state index contributed by atoms with van der Waals surface area (Å²) in [5.74, 6) is 2.06. The van der Waals surface area contributed by atoms with Crippen LogP contribution in [-0.2, 0) is 11.2 Å². The van der Waals surface area contributed by atoms with E-state index in [0.717, 1.165) is 31.7 Å². The molecular formula is C21H29N3O3. The largest absolute Gasteiger partial charge is 0.493 e. The highest BCUT2D eigenvalue weighted by molar-refractivity contribution is 5.93. The van der Waals surface area contributed by atoms with E-state index in [1.165, 1.54) is 5.56 Å².